The zero-order valence-electron chi connectivity index (χ0n) is 13.4. The first-order valence-electron chi connectivity index (χ1n) is 6.92. The quantitative estimate of drug-likeness (QED) is 0.423. The lowest BCUT2D eigenvalue weighted by atomic mass is 10.0. The molecule has 0 amide bonds. The Kier molecular flexibility index (Phi) is 7.09. The molecule has 0 radical (unpaired) electrons. The molecule has 0 aromatic heterocycles. The summed E-state index contributed by atoms with van der Waals surface area (Å²) in [7, 11) is 0. The minimum atomic E-state index is -7.45. The van der Waals surface area contributed by atoms with Crippen molar-refractivity contribution >= 4 is 11.6 Å². The van der Waals surface area contributed by atoms with Crippen LogP contribution in [-0.4, -0.2) is 34.2 Å². The lowest BCUT2D eigenvalue weighted by molar-refractivity contribution is -0.392. The number of aliphatic hydroxyl groups is 2. The number of ether oxygens (including phenoxy) is 1. The van der Waals surface area contributed by atoms with Gasteiger partial charge in [0.1, 0.15) is 5.75 Å². The van der Waals surface area contributed by atoms with Crippen molar-refractivity contribution in [2.75, 3.05) is 0 Å². The molecule has 1 rings (SSSR count). The maximum absolute atomic E-state index is 13.6. The number of allylic oxidation sites excluding steroid dienone is 1. The number of hydrogen-bond acceptors (Lipinski definition) is 3. The van der Waals surface area contributed by atoms with Crippen molar-refractivity contribution in [3.8, 4) is 5.75 Å². The fourth-order valence-electron chi connectivity index (χ4n) is 1.75. The van der Waals surface area contributed by atoms with E-state index >= 15 is 0 Å². The molecule has 0 heterocycles. The second kappa shape index (κ2) is 8.14. The van der Waals surface area contributed by atoms with Crippen molar-refractivity contribution in [1.82, 2.24) is 0 Å². The Bertz CT molecular complexity index is 790. The highest BCUT2D eigenvalue weighted by Gasteiger charge is 2.83. The van der Waals surface area contributed by atoms with Crippen LogP contribution in [0.25, 0.3) is 0 Å². The Morgan fingerprint density at radius 3 is 1.72 bits per heavy atom. The van der Waals surface area contributed by atoms with Crippen LogP contribution in [0.2, 0.25) is 5.02 Å². The molecule has 0 saturated carbocycles. The molecule has 0 aliphatic heterocycles. The smallest absolute Gasteiger partial charge is 0.429 e. The Morgan fingerprint density at radius 2 is 1.31 bits per heavy atom. The van der Waals surface area contributed by atoms with Gasteiger partial charge in [-0.2, -0.15) is 48.3 Å². The van der Waals surface area contributed by atoms with Gasteiger partial charge >= 0.3 is 30.0 Å². The summed E-state index contributed by atoms with van der Waals surface area (Å²) in [4.78, 5) is 0. The van der Waals surface area contributed by atoms with Crippen LogP contribution in [0.1, 0.15) is 11.1 Å². The molecule has 0 atom stereocenters. The van der Waals surface area contributed by atoms with Gasteiger partial charge in [0, 0.05) is 10.6 Å². The van der Waals surface area contributed by atoms with Gasteiger partial charge in [0.2, 0.25) is 5.83 Å². The molecule has 0 saturated heterocycles. The van der Waals surface area contributed by atoms with E-state index in [0.717, 1.165) is 6.07 Å². The normalized spacial score (nSPS) is 14.7. The summed E-state index contributed by atoms with van der Waals surface area (Å²) < 4.78 is 145. The van der Waals surface area contributed by atoms with Gasteiger partial charge in [0.05, 0.1) is 13.2 Å². The largest absolute Gasteiger partial charge is 0.460 e. The summed E-state index contributed by atoms with van der Waals surface area (Å²) in [6.45, 7) is -1.96. The molecular weight excluding hydrogens is 461 g/mol. The van der Waals surface area contributed by atoms with E-state index < -0.39 is 60.3 Å². The van der Waals surface area contributed by atoms with Crippen LogP contribution in [0.3, 0.4) is 0 Å². The van der Waals surface area contributed by atoms with Crippen molar-refractivity contribution in [2.24, 2.45) is 0 Å². The van der Waals surface area contributed by atoms with Gasteiger partial charge in [0.15, 0.2) is 0 Å². The van der Waals surface area contributed by atoms with Crippen LogP contribution in [0.15, 0.2) is 24.0 Å². The average Bonchev–Trinajstić information content (AvgIpc) is 2.60. The highest BCUT2D eigenvalue weighted by Crippen LogP contribution is 2.55. The first-order chi connectivity index (χ1) is 13.0. The Balaban J connectivity index is 3.45. The summed E-state index contributed by atoms with van der Waals surface area (Å²) in [5.41, 5.74) is -0.876. The predicted molar refractivity (Wildman–Crippen MR) is 74.1 cm³/mol. The first kappa shape index (κ1) is 25.2. The van der Waals surface area contributed by atoms with E-state index in [4.69, 9.17) is 21.8 Å². The molecule has 15 heteroatoms. The topological polar surface area (TPSA) is 49.7 Å². The van der Waals surface area contributed by atoms with Crippen LogP contribution >= 0.6 is 11.6 Å². The van der Waals surface area contributed by atoms with Crippen LogP contribution in [-0.2, 0) is 13.2 Å². The maximum atomic E-state index is 13.6. The van der Waals surface area contributed by atoms with E-state index in [1.807, 2.05) is 0 Å². The summed E-state index contributed by atoms with van der Waals surface area (Å²) in [6, 6.07) is -1.99. The Labute approximate surface area is 158 Å². The molecule has 166 valence electrons. The minimum Gasteiger partial charge on any atom is -0.429 e. The molecule has 0 spiro atoms. The van der Waals surface area contributed by atoms with E-state index in [0.29, 0.717) is 6.07 Å². The van der Waals surface area contributed by atoms with Crippen LogP contribution in [0, 0.1) is 0 Å². The summed E-state index contributed by atoms with van der Waals surface area (Å²) in [6.07, 6.45) is -7.23. The maximum Gasteiger partial charge on any atom is 0.460 e. The van der Waals surface area contributed by atoms with Gasteiger partial charge in [-0.1, -0.05) is 11.6 Å². The molecule has 0 aliphatic rings. The molecule has 3 nitrogen and oxygen atoms in total. The van der Waals surface area contributed by atoms with Crippen molar-refractivity contribution in [1.29, 1.82) is 0 Å². The molecule has 1 aromatic rings. The lowest BCUT2D eigenvalue weighted by Gasteiger charge is -2.32. The van der Waals surface area contributed by atoms with Gasteiger partial charge in [-0.05, 0) is 17.7 Å². The number of halogens is 12. The molecule has 0 unspecified atom stereocenters. The number of alkyl halides is 9. The number of rotatable bonds is 7. The second-order valence-electron chi connectivity index (χ2n) is 5.28. The highest BCUT2D eigenvalue weighted by atomic mass is 35.5. The lowest BCUT2D eigenvalue weighted by Crippen LogP contribution is -2.61. The van der Waals surface area contributed by atoms with Gasteiger partial charge in [-0.3, -0.25) is 0 Å². The monoisotopic (exact) mass is 468 g/mol. The zero-order chi connectivity index (χ0) is 23.0. The molecule has 0 fully saturated rings. The standard InChI is InChI=1S/C14H8ClF11O3/c15-7-1-6(4-28)8(2-5(7)3-27)29-10(17)9(16)11(18,19)12(20,21)13(22,23)14(24,25)26/h1-2,27-28H,3-4H2. The summed E-state index contributed by atoms with van der Waals surface area (Å²) in [5, 5.41) is 17.7. The third-order valence-corrected chi connectivity index (χ3v) is 3.71. The van der Waals surface area contributed by atoms with Crippen molar-refractivity contribution in [3.05, 3.63) is 40.1 Å². The van der Waals surface area contributed by atoms with E-state index in [1.54, 1.807) is 0 Å². The number of benzene rings is 1. The van der Waals surface area contributed by atoms with E-state index in [2.05, 4.69) is 4.74 Å². The number of aliphatic hydroxyl groups excluding tert-OH is 2. The third-order valence-electron chi connectivity index (χ3n) is 3.36. The molecule has 1 aromatic carbocycles. The SMILES string of the molecule is OCc1cc(OC(F)=C(F)C(F)(F)C(F)(F)C(F)(F)C(F)(F)F)c(CO)cc1Cl. The summed E-state index contributed by atoms with van der Waals surface area (Å²) >= 11 is 5.59. The molecule has 0 bridgehead atoms. The summed E-state index contributed by atoms with van der Waals surface area (Å²) in [5.74, 6) is -27.0. The van der Waals surface area contributed by atoms with Gasteiger partial charge in [0.25, 0.3) is 0 Å². The van der Waals surface area contributed by atoms with Crippen LogP contribution in [0.5, 0.6) is 5.75 Å². The Hall–Kier alpha value is -1.80. The zero-order valence-corrected chi connectivity index (χ0v) is 14.2. The molecule has 2 N–H and O–H groups in total. The highest BCUT2D eigenvalue weighted by molar-refractivity contribution is 6.31. The van der Waals surface area contributed by atoms with Gasteiger partial charge < -0.3 is 14.9 Å². The fourth-order valence-corrected chi connectivity index (χ4v) is 2.00. The van der Waals surface area contributed by atoms with E-state index in [1.165, 1.54) is 0 Å². The predicted octanol–water partition coefficient (Wildman–Crippen LogP) is 5.28. The van der Waals surface area contributed by atoms with E-state index in [9.17, 15) is 48.3 Å². The van der Waals surface area contributed by atoms with Gasteiger partial charge in [-0.15, -0.1) is 0 Å². The van der Waals surface area contributed by atoms with Gasteiger partial charge in [-0.25, -0.2) is 0 Å². The average molecular weight is 469 g/mol. The molecule has 0 aliphatic carbocycles. The number of hydrogen-bond donors (Lipinski definition) is 2. The van der Waals surface area contributed by atoms with Crippen molar-refractivity contribution in [3.63, 3.8) is 0 Å². The van der Waals surface area contributed by atoms with Crippen LogP contribution < -0.4 is 4.74 Å². The third kappa shape index (κ3) is 4.38. The van der Waals surface area contributed by atoms with Crippen molar-refractivity contribution in [2.45, 2.75) is 37.2 Å². The second-order valence-corrected chi connectivity index (χ2v) is 5.69. The van der Waals surface area contributed by atoms with E-state index in [-0.39, 0.29) is 10.6 Å². The fraction of sp³-hybridized carbons (Fsp3) is 0.429. The minimum absolute atomic E-state index is 0.282. The molecular formula is C14H8ClF11O3. The first-order valence-corrected chi connectivity index (χ1v) is 7.30. The van der Waals surface area contributed by atoms with Crippen LogP contribution in [0.4, 0.5) is 48.3 Å². The van der Waals surface area contributed by atoms with Crippen molar-refractivity contribution < 1.29 is 63.2 Å². The molecule has 29 heavy (non-hydrogen) atoms. The Morgan fingerprint density at radius 1 is 0.828 bits per heavy atom.